The number of rotatable bonds is 6. The van der Waals surface area contributed by atoms with Crippen LogP contribution in [0.25, 0.3) is 0 Å². The predicted octanol–water partition coefficient (Wildman–Crippen LogP) is 2.19. The summed E-state index contributed by atoms with van der Waals surface area (Å²) in [5.74, 6) is 1.84. The smallest absolute Gasteiger partial charge is 0.0618 e. The van der Waals surface area contributed by atoms with Gasteiger partial charge in [0.1, 0.15) is 0 Å². The summed E-state index contributed by atoms with van der Waals surface area (Å²) in [7, 11) is 1.81. The maximum Gasteiger partial charge on any atom is 0.0618 e. The number of ether oxygens (including phenoxy) is 1. The third-order valence-corrected chi connectivity index (χ3v) is 3.87. The summed E-state index contributed by atoms with van der Waals surface area (Å²) in [6.45, 7) is 3.23. The first kappa shape index (κ1) is 10.4. The molecule has 0 radical (unpaired) electrons. The molecule has 0 saturated heterocycles. The lowest BCUT2D eigenvalue weighted by Crippen LogP contribution is -2.46. The topological polar surface area (TPSA) is 21.3 Å². The zero-order chi connectivity index (χ0) is 9.97. The van der Waals surface area contributed by atoms with Gasteiger partial charge in [-0.2, -0.15) is 0 Å². The van der Waals surface area contributed by atoms with E-state index in [1.54, 1.807) is 0 Å². The molecule has 2 unspecified atom stereocenters. The van der Waals surface area contributed by atoms with Crippen molar-refractivity contribution in [3.8, 4) is 0 Å². The van der Waals surface area contributed by atoms with Crippen LogP contribution in [-0.2, 0) is 4.74 Å². The van der Waals surface area contributed by atoms with E-state index in [9.17, 15) is 0 Å². The first-order valence-corrected chi connectivity index (χ1v) is 6.06. The second-order valence-corrected chi connectivity index (χ2v) is 5.05. The molecule has 2 aliphatic carbocycles. The van der Waals surface area contributed by atoms with Crippen LogP contribution in [0.2, 0.25) is 0 Å². The molecule has 2 saturated carbocycles. The van der Waals surface area contributed by atoms with E-state index in [1.165, 1.54) is 32.1 Å². The fourth-order valence-corrected chi connectivity index (χ4v) is 2.41. The fraction of sp³-hybridized carbons (Fsp3) is 1.00. The predicted molar refractivity (Wildman–Crippen MR) is 58.3 cm³/mol. The van der Waals surface area contributed by atoms with Crippen molar-refractivity contribution in [2.75, 3.05) is 13.7 Å². The Hall–Kier alpha value is -0.0800. The molecule has 2 heteroatoms. The largest absolute Gasteiger partial charge is 0.383 e. The highest BCUT2D eigenvalue weighted by Crippen LogP contribution is 2.35. The number of hydrogen-bond acceptors (Lipinski definition) is 2. The average Bonchev–Trinajstić information content (AvgIpc) is 2.81. The molecule has 82 valence electrons. The number of hydrogen-bond donors (Lipinski definition) is 1. The summed E-state index contributed by atoms with van der Waals surface area (Å²) in [6.07, 6.45) is 7.10. The Morgan fingerprint density at radius 1 is 1.21 bits per heavy atom. The van der Waals surface area contributed by atoms with Gasteiger partial charge < -0.3 is 10.1 Å². The molecule has 0 aromatic heterocycles. The molecule has 0 aromatic rings. The molecule has 2 fully saturated rings. The van der Waals surface area contributed by atoms with Crippen molar-refractivity contribution in [1.29, 1.82) is 0 Å². The summed E-state index contributed by atoms with van der Waals surface area (Å²) in [4.78, 5) is 0. The minimum atomic E-state index is 0.621. The molecule has 0 amide bonds. The second kappa shape index (κ2) is 4.63. The molecule has 0 aromatic carbocycles. The second-order valence-electron chi connectivity index (χ2n) is 5.05. The SMILES string of the molecule is COCC(NC(C)C1CCC1)C1CC1. The minimum absolute atomic E-state index is 0.621. The van der Waals surface area contributed by atoms with E-state index in [0.29, 0.717) is 12.1 Å². The van der Waals surface area contributed by atoms with Gasteiger partial charge in [0.05, 0.1) is 6.61 Å². The monoisotopic (exact) mass is 197 g/mol. The van der Waals surface area contributed by atoms with Gasteiger partial charge in [0, 0.05) is 19.2 Å². The van der Waals surface area contributed by atoms with Crippen LogP contribution >= 0.6 is 0 Å². The van der Waals surface area contributed by atoms with Crippen LogP contribution in [-0.4, -0.2) is 25.8 Å². The van der Waals surface area contributed by atoms with Crippen LogP contribution < -0.4 is 5.32 Å². The zero-order valence-electron chi connectivity index (χ0n) is 9.46. The third kappa shape index (κ3) is 2.48. The van der Waals surface area contributed by atoms with E-state index in [-0.39, 0.29) is 0 Å². The van der Waals surface area contributed by atoms with Crippen molar-refractivity contribution in [3.63, 3.8) is 0 Å². The van der Waals surface area contributed by atoms with Gasteiger partial charge in [-0.25, -0.2) is 0 Å². The summed E-state index contributed by atoms with van der Waals surface area (Å²) in [5.41, 5.74) is 0. The Kier molecular flexibility index (Phi) is 3.45. The Bertz CT molecular complexity index is 175. The summed E-state index contributed by atoms with van der Waals surface area (Å²) in [6, 6.07) is 1.32. The lowest BCUT2D eigenvalue weighted by molar-refractivity contribution is 0.135. The van der Waals surface area contributed by atoms with Crippen LogP contribution in [0.3, 0.4) is 0 Å². The molecular formula is C12H23NO. The molecular weight excluding hydrogens is 174 g/mol. The molecule has 2 rings (SSSR count). The highest BCUT2D eigenvalue weighted by Gasteiger charge is 2.34. The van der Waals surface area contributed by atoms with E-state index in [2.05, 4.69) is 12.2 Å². The van der Waals surface area contributed by atoms with Crippen molar-refractivity contribution in [3.05, 3.63) is 0 Å². The molecule has 0 bridgehead atoms. The number of nitrogens with one attached hydrogen (secondary N) is 1. The van der Waals surface area contributed by atoms with Crippen LogP contribution in [0.1, 0.15) is 39.0 Å². The molecule has 0 aliphatic heterocycles. The Morgan fingerprint density at radius 2 is 1.93 bits per heavy atom. The van der Waals surface area contributed by atoms with Gasteiger partial charge in [0.15, 0.2) is 0 Å². The molecule has 2 atom stereocenters. The Balaban J connectivity index is 1.73. The quantitative estimate of drug-likeness (QED) is 0.705. The lowest BCUT2D eigenvalue weighted by atomic mass is 9.80. The van der Waals surface area contributed by atoms with E-state index in [1.807, 2.05) is 7.11 Å². The number of methoxy groups -OCH3 is 1. The van der Waals surface area contributed by atoms with Gasteiger partial charge in [-0.1, -0.05) is 6.42 Å². The van der Waals surface area contributed by atoms with Crippen LogP contribution in [0.4, 0.5) is 0 Å². The fourth-order valence-electron chi connectivity index (χ4n) is 2.41. The van der Waals surface area contributed by atoms with Gasteiger partial charge >= 0.3 is 0 Å². The molecule has 14 heavy (non-hydrogen) atoms. The highest BCUT2D eigenvalue weighted by atomic mass is 16.5. The van der Waals surface area contributed by atoms with Crippen molar-refractivity contribution in [1.82, 2.24) is 5.32 Å². The van der Waals surface area contributed by atoms with Crippen molar-refractivity contribution >= 4 is 0 Å². The highest BCUT2D eigenvalue weighted by molar-refractivity contribution is 4.90. The standard InChI is InChI=1S/C12H23NO/c1-9(10-4-3-5-10)13-12(8-14-2)11-6-7-11/h9-13H,3-8H2,1-2H3. The maximum atomic E-state index is 5.28. The molecule has 2 nitrogen and oxygen atoms in total. The molecule has 0 spiro atoms. The summed E-state index contributed by atoms with van der Waals surface area (Å²) >= 11 is 0. The summed E-state index contributed by atoms with van der Waals surface area (Å²) < 4.78 is 5.28. The van der Waals surface area contributed by atoms with Gasteiger partial charge in [-0.05, 0) is 44.4 Å². The average molecular weight is 197 g/mol. The van der Waals surface area contributed by atoms with Gasteiger partial charge in [0.2, 0.25) is 0 Å². The van der Waals surface area contributed by atoms with E-state index < -0.39 is 0 Å². The van der Waals surface area contributed by atoms with E-state index in [0.717, 1.165) is 18.4 Å². The van der Waals surface area contributed by atoms with Gasteiger partial charge in [-0.15, -0.1) is 0 Å². The van der Waals surface area contributed by atoms with Crippen LogP contribution in [0, 0.1) is 11.8 Å². The molecule has 2 aliphatic rings. The maximum absolute atomic E-state index is 5.28. The molecule has 0 heterocycles. The van der Waals surface area contributed by atoms with Gasteiger partial charge in [0.25, 0.3) is 0 Å². The van der Waals surface area contributed by atoms with Crippen molar-refractivity contribution < 1.29 is 4.74 Å². The van der Waals surface area contributed by atoms with Crippen LogP contribution in [0.15, 0.2) is 0 Å². The van der Waals surface area contributed by atoms with Crippen molar-refractivity contribution in [2.45, 2.75) is 51.1 Å². The Morgan fingerprint density at radius 3 is 2.36 bits per heavy atom. The Labute approximate surface area is 87.4 Å². The van der Waals surface area contributed by atoms with E-state index in [4.69, 9.17) is 4.74 Å². The summed E-state index contributed by atoms with van der Waals surface area (Å²) in [5, 5.41) is 3.76. The minimum Gasteiger partial charge on any atom is -0.383 e. The molecule has 1 N–H and O–H groups in total. The zero-order valence-corrected chi connectivity index (χ0v) is 9.46. The normalized spacial score (nSPS) is 27.0. The first-order valence-electron chi connectivity index (χ1n) is 6.06. The lowest BCUT2D eigenvalue weighted by Gasteiger charge is -2.34. The van der Waals surface area contributed by atoms with Crippen molar-refractivity contribution in [2.24, 2.45) is 11.8 Å². The third-order valence-electron chi connectivity index (χ3n) is 3.87. The van der Waals surface area contributed by atoms with Gasteiger partial charge in [-0.3, -0.25) is 0 Å². The van der Waals surface area contributed by atoms with Crippen LogP contribution in [0.5, 0.6) is 0 Å². The van der Waals surface area contributed by atoms with E-state index >= 15 is 0 Å². The first-order chi connectivity index (χ1) is 6.81.